The van der Waals surface area contributed by atoms with Crippen LogP contribution in [0, 0.1) is 0 Å². The van der Waals surface area contributed by atoms with Crippen LogP contribution in [-0.2, 0) is 11.2 Å². The molecule has 6 heteroatoms. The lowest BCUT2D eigenvalue weighted by molar-refractivity contribution is -0.121. The second kappa shape index (κ2) is 5.99. The van der Waals surface area contributed by atoms with Gasteiger partial charge in [-0.1, -0.05) is 0 Å². The number of rotatable bonds is 5. The van der Waals surface area contributed by atoms with Crippen LogP contribution in [0.25, 0.3) is 10.9 Å². The van der Waals surface area contributed by atoms with E-state index in [0.29, 0.717) is 18.7 Å². The van der Waals surface area contributed by atoms with Crippen molar-refractivity contribution in [2.75, 3.05) is 12.3 Å². The van der Waals surface area contributed by atoms with Gasteiger partial charge in [0, 0.05) is 29.4 Å². The molecule has 1 amide bonds. The molecule has 0 bridgehead atoms. The van der Waals surface area contributed by atoms with Gasteiger partial charge in [-0.25, -0.2) is 0 Å². The summed E-state index contributed by atoms with van der Waals surface area (Å²) in [4.78, 5) is 14.6. The fraction of sp³-hybridized carbons (Fsp3) is 0.308. The molecule has 2 aromatic rings. The molecule has 0 aliphatic heterocycles. The number of thiol groups is 1. The molecule has 102 valence electrons. The van der Waals surface area contributed by atoms with E-state index in [4.69, 9.17) is 5.73 Å². The molecule has 1 aromatic heterocycles. The van der Waals surface area contributed by atoms with Gasteiger partial charge in [-0.15, -0.1) is 0 Å². The standard InChI is InChI=1S/C13H17N3O2S/c14-11(7-19)13(18)15-4-3-8-6-16-12-2-1-9(17)5-10(8)12/h1-2,5-6,11,16-17,19H,3-4,7,14H2,(H,15,18)/t11-/m0/s1. The van der Waals surface area contributed by atoms with Crippen LogP contribution in [-0.4, -0.2) is 34.3 Å². The van der Waals surface area contributed by atoms with E-state index >= 15 is 0 Å². The van der Waals surface area contributed by atoms with Gasteiger partial charge in [-0.2, -0.15) is 12.6 Å². The number of hydrogen-bond acceptors (Lipinski definition) is 4. The normalized spacial score (nSPS) is 12.5. The van der Waals surface area contributed by atoms with E-state index in [1.807, 2.05) is 12.3 Å². The SMILES string of the molecule is N[C@@H](CS)C(=O)NCCc1c[nH]c2ccc(O)cc12. The van der Waals surface area contributed by atoms with Gasteiger partial charge in [0.05, 0.1) is 6.04 Å². The van der Waals surface area contributed by atoms with Crippen molar-refractivity contribution in [2.24, 2.45) is 5.73 Å². The molecule has 0 fully saturated rings. The number of fused-ring (bicyclic) bond motifs is 1. The quantitative estimate of drug-likeness (QED) is 0.524. The first kappa shape index (κ1) is 13.8. The summed E-state index contributed by atoms with van der Waals surface area (Å²) in [6.07, 6.45) is 2.56. The Kier molecular flexibility index (Phi) is 4.34. The summed E-state index contributed by atoms with van der Waals surface area (Å²) in [5.74, 6) is 0.361. The minimum Gasteiger partial charge on any atom is -0.508 e. The van der Waals surface area contributed by atoms with Crippen LogP contribution in [0.5, 0.6) is 5.75 Å². The molecule has 1 atom stereocenters. The third kappa shape index (κ3) is 3.21. The minimum absolute atomic E-state index is 0.197. The number of phenolic OH excluding ortho intramolecular Hbond substituents is 1. The number of H-pyrrole nitrogens is 1. The largest absolute Gasteiger partial charge is 0.508 e. The Bertz CT molecular complexity index is 582. The van der Waals surface area contributed by atoms with Crippen molar-refractivity contribution in [1.82, 2.24) is 10.3 Å². The van der Waals surface area contributed by atoms with Gasteiger partial charge in [0.1, 0.15) is 5.75 Å². The third-order valence-corrected chi connectivity index (χ3v) is 3.37. The zero-order chi connectivity index (χ0) is 13.8. The summed E-state index contributed by atoms with van der Waals surface area (Å²) in [7, 11) is 0. The van der Waals surface area contributed by atoms with E-state index in [1.54, 1.807) is 12.1 Å². The predicted molar refractivity (Wildman–Crippen MR) is 78.5 cm³/mol. The summed E-state index contributed by atoms with van der Waals surface area (Å²) in [6, 6.07) is 4.60. The number of hydrogen-bond donors (Lipinski definition) is 5. The first-order chi connectivity index (χ1) is 9.11. The van der Waals surface area contributed by atoms with Crippen molar-refractivity contribution in [3.63, 3.8) is 0 Å². The highest BCUT2D eigenvalue weighted by Gasteiger charge is 2.11. The van der Waals surface area contributed by atoms with Gasteiger partial charge in [-0.3, -0.25) is 4.79 Å². The lowest BCUT2D eigenvalue weighted by atomic mass is 10.1. The lowest BCUT2D eigenvalue weighted by Crippen LogP contribution is -2.42. The second-order valence-electron chi connectivity index (χ2n) is 4.37. The number of phenols is 1. The molecular weight excluding hydrogens is 262 g/mol. The maximum Gasteiger partial charge on any atom is 0.237 e. The maximum atomic E-state index is 11.5. The van der Waals surface area contributed by atoms with Crippen LogP contribution < -0.4 is 11.1 Å². The zero-order valence-electron chi connectivity index (χ0n) is 10.4. The van der Waals surface area contributed by atoms with Gasteiger partial charge >= 0.3 is 0 Å². The van der Waals surface area contributed by atoms with Crippen molar-refractivity contribution in [1.29, 1.82) is 0 Å². The van der Waals surface area contributed by atoms with E-state index < -0.39 is 6.04 Å². The van der Waals surface area contributed by atoms with Crippen LogP contribution >= 0.6 is 12.6 Å². The van der Waals surface area contributed by atoms with Crippen molar-refractivity contribution < 1.29 is 9.90 Å². The Morgan fingerprint density at radius 2 is 2.32 bits per heavy atom. The molecule has 0 unspecified atom stereocenters. The van der Waals surface area contributed by atoms with Crippen molar-refractivity contribution in [3.8, 4) is 5.75 Å². The molecule has 0 saturated carbocycles. The van der Waals surface area contributed by atoms with Crippen LogP contribution in [0.4, 0.5) is 0 Å². The summed E-state index contributed by atoms with van der Waals surface area (Å²) < 4.78 is 0. The molecule has 19 heavy (non-hydrogen) atoms. The number of nitrogens with two attached hydrogens (primary N) is 1. The average molecular weight is 279 g/mol. The lowest BCUT2D eigenvalue weighted by Gasteiger charge is -2.09. The zero-order valence-corrected chi connectivity index (χ0v) is 11.3. The Balaban J connectivity index is 1.98. The van der Waals surface area contributed by atoms with Crippen LogP contribution in [0.2, 0.25) is 0 Å². The predicted octanol–water partition coefficient (Wildman–Crippen LogP) is 0.789. The van der Waals surface area contributed by atoms with Gasteiger partial charge in [0.25, 0.3) is 0 Å². The van der Waals surface area contributed by atoms with Crippen LogP contribution in [0.3, 0.4) is 0 Å². The molecule has 1 heterocycles. The maximum absolute atomic E-state index is 11.5. The topological polar surface area (TPSA) is 91.1 Å². The highest BCUT2D eigenvalue weighted by molar-refractivity contribution is 7.80. The molecule has 5 nitrogen and oxygen atoms in total. The van der Waals surface area contributed by atoms with E-state index in [0.717, 1.165) is 16.5 Å². The average Bonchev–Trinajstić information content (AvgIpc) is 2.80. The fourth-order valence-electron chi connectivity index (χ4n) is 1.91. The second-order valence-corrected chi connectivity index (χ2v) is 4.74. The number of nitrogens with one attached hydrogen (secondary N) is 2. The molecule has 0 spiro atoms. The first-order valence-corrected chi connectivity index (χ1v) is 6.68. The Labute approximate surface area is 116 Å². The van der Waals surface area contributed by atoms with E-state index in [9.17, 15) is 9.90 Å². The highest BCUT2D eigenvalue weighted by Crippen LogP contribution is 2.22. The number of aromatic hydroxyl groups is 1. The summed E-state index contributed by atoms with van der Waals surface area (Å²) in [5.41, 5.74) is 7.57. The number of benzene rings is 1. The number of carbonyl (C=O) groups excluding carboxylic acids is 1. The van der Waals surface area contributed by atoms with Gasteiger partial charge in [0.15, 0.2) is 0 Å². The number of aromatic nitrogens is 1. The summed E-state index contributed by atoms with van der Waals surface area (Å²) in [5, 5.41) is 13.2. The summed E-state index contributed by atoms with van der Waals surface area (Å²) in [6.45, 7) is 0.503. The van der Waals surface area contributed by atoms with E-state index in [1.165, 1.54) is 0 Å². The van der Waals surface area contributed by atoms with Gasteiger partial charge in [0.2, 0.25) is 5.91 Å². The van der Waals surface area contributed by atoms with Crippen LogP contribution in [0.15, 0.2) is 24.4 Å². The Morgan fingerprint density at radius 3 is 3.05 bits per heavy atom. The first-order valence-electron chi connectivity index (χ1n) is 6.05. The smallest absolute Gasteiger partial charge is 0.237 e. The fourth-order valence-corrected chi connectivity index (χ4v) is 2.07. The van der Waals surface area contributed by atoms with Crippen molar-refractivity contribution in [2.45, 2.75) is 12.5 Å². The molecule has 0 radical (unpaired) electrons. The number of aromatic amines is 1. The monoisotopic (exact) mass is 279 g/mol. The number of amides is 1. The highest BCUT2D eigenvalue weighted by atomic mass is 32.1. The molecular formula is C13H17N3O2S. The van der Waals surface area contributed by atoms with Crippen molar-refractivity contribution in [3.05, 3.63) is 30.0 Å². The molecule has 5 N–H and O–H groups in total. The molecule has 0 saturated heterocycles. The molecule has 0 aliphatic carbocycles. The minimum atomic E-state index is -0.574. The van der Waals surface area contributed by atoms with E-state index in [-0.39, 0.29) is 11.7 Å². The van der Waals surface area contributed by atoms with Gasteiger partial charge < -0.3 is 21.1 Å². The Hall–Kier alpha value is -1.66. The summed E-state index contributed by atoms with van der Waals surface area (Å²) >= 11 is 3.98. The molecule has 2 rings (SSSR count). The van der Waals surface area contributed by atoms with E-state index in [2.05, 4.69) is 22.9 Å². The molecule has 0 aliphatic rings. The van der Waals surface area contributed by atoms with Crippen LogP contribution in [0.1, 0.15) is 5.56 Å². The van der Waals surface area contributed by atoms with Crippen molar-refractivity contribution >= 4 is 29.4 Å². The number of carbonyl (C=O) groups is 1. The third-order valence-electron chi connectivity index (χ3n) is 2.98. The molecule has 1 aromatic carbocycles. The van der Waals surface area contributed by atoms with Gasteiger partial charge in [-0.05, 0) is 30.2 Å². The Morgan fingerprint density at radius 1 is 1.53 bits per heavy atom.